The van der Waals surface area contributed by atoms with Crippen LogP contribution in [0.15, 0.2) is 4.99 Å². The van der Waals surface area contributed by atoms with E-state index in [4.69, 9.17) is 11.2 Å². The summed E-state index contributed by atoms with van der Waals surface area (Å²) in [6, 6.07) is 0. The summed E-state index contributed by atoms with van der Waals surface area (Å²) in [5.74, 6) is 1.38. The second-order valence-corrected chi connectivity index (χ2v) is 3.86. The van der Waals surface area contributed by atoms with Crippen LogP contribution in [-0.2, 0) is 19.1 Å². The molecule has 0 radical (unpaired) electrons. The molecule has 0 aromatic heterocycles. The molecule has 0 aromatic rings. The summed E-state index contributed by atoms with van der Waals surface area (Å²) in [6.07, 6.45) is 5.99. The first kappa shape index (κ1) is 12.2. The number of rotatable bonds is 3. The number of carbonyl (C=O) groups is 2. The fraction of sp³-hybridized carbons (Fsp3) is 0.545. The van der Waals surface area contributed by atoms with Crippen LogP contribution in [0, 0.1) is 12.3 Å². The maximum Gasteiger partial charge on any atom is 0.400 e. The summed E-state index contributed by atoms with van der Waals surface area (Å²) in [4.78, 5) is 26.3. The molecule has 0 amide bonds. The summed E-state index contributed by atoms with van der Waals surface area (Å²) in [5.41, 5.74) is -0.978. The molecule has 0 unspecified atom stereocenters. The van der Waals surface area contributed by atoms with E-state index in [0.717, 1.165) is 0 Å². The molecule has 5 nitrogen and oxygen atoms in total. The Balaban J connectivity index is 2.42. The van der Waals surface area contributed by atoms with Crippen LogP contribution >= 0.6 is 0 Å². The van der Waals surface area contributed by atoms with Gasteiger partial charge >= 0.3 is 18.0 Å². The van der Waals surface area contributed by atoms with Gasteiger partial charge < -0.3 is 9.47 Å². The highest BCUT2D eigenvalue weighted by atomic mass is 16.7. The number of aliphatic imine (C=N–C) groups is 1. The van der Waals surface area contributed by atoms with E-state index < -0.39 is 17.5 Å². The molecule has 0 saturated carbocycles. The zero-order valence-electron chi connectivity index (χ0n) is 9.28. The van der Waals surface area contributed by atoms with Crippen LogP contribution in [-0.4, -0.2) is 23.6 Å². The SMILES string of the molecule is C#CCCCC(=O)OC1=NC(C)(C)C(=O)O1. The standard InChI is InChI=1S/C11H13NO4/c1-4-5-6-7-8(13)15-10-12-11(2,3)9(14)16-10/h1H,5-7H2,2-3H3. The molecule has 0 N–H and O–H groups in total. The molecule has 0 fully saturated rings. The second-order valence-electron chi connectivity index (χ2n) is 3.86. The predicted octanol–water partition coefficient (Wildman–Crippen LogP) is 1.02. The summed E-state index contributed by atoms with van der Waals surface area (Å²) in [5, 5.41) is 0. The Labute approximate surface area is 93.8 Å². The van der Waals surface area contributed by atoms with E-state index in [0.29, 0.717) is 12.8 Å². The maximum atomic E-state index is 11.2. The van der Waals surface area contributed by atoms with Gasteiger partial charge in [0.15, 0.2) is 5.54 Å². The van der Waals surface area contributed by atoms with Crippen molar-refractivity contribution in [2.75, 3.05) is 0 Å². The molecule has 16 heavy (non-hydrogen) atoms. The van der Waals surface area contributed by atoms with E-state index >= 15 is 0 Å². The largest absolute Gasteiger partial charge is 0.400 e. The normalized spacial score (nSPS) is 17.3. The lowest BCUT2D eigenvalue weighted by Gasteiger charge is -2.04. The van der Waals surface area contributed by atoms with Gasteiger partial charge in [-0.05, 0) is 20.3 Å². The molecule has 0 saturated heterocycles. The Morgan fingerprint density at radius 2 is 2.31 bits per heavy atom. The lowest BCUT2D eigenvalue weighted by atomic mass is 10.1. The number of hydrogen-bond donors (Lipinski definition) is 0. The van der Waals surface area contributed by atoms with Gasteiger partial charge in [0.2, 0.25) is 0 Å². The highest BCUT2D eigenvalue weighted by Gasteiger charge is 2.38. The van der Waals surface area contributed by atoms with Gasteiger partial charge in [-0.15, -0.1) is 12.3 Å². The van der Waals surface area contributed by atoms with E-state index in [1.807, 2.05) is 0 Å². The first-order valence-corrected chi connectivity index (χ1v) is 4.92. The van der Waals surface area contributed by atoms with Gasteiger partial charge in [-0.1, -0.05) is 0 Å². The van der Waals surface area contributed by atoms with Crippen LogP contribution in [0.25, 0.3) is 0 Å². The minimum absolute atomic E-state index is 0.182. The average Bonchev–Trinajstić information content (AvgIpc) is 2.40. The third-order valence-corrected chi connectivity index (χ3v) is 1.95. The third-order valence-electron chi connectivity index (χ3n) is 1.95. The monoisotopic (exact) mass is 223 g/mol. The van der Waals surface area contributed by atoms with Crippen molar-refractivity contribution in [1.82, 2.24) is 0 Å². The molecule has 5 heteroatoms. The number of cyclic esters (lactones) is 1. The van der Waals surface area contributed by atoms with E-state index in [1.54, 1.807) is 13.8 Å². The molecule has 1 aliphatic rings. The fourth-order valence-electron chi connectivity index (χ4n) is 1.03. The highest BCUT2D eigenvalue weighted by molar-refractivity contribution is 5.99. The third kappa shape index (κ3) is 3.09. The molecule has 0 aromatic carbocycles. The fourth-order valence-corrected chi connectivity index (χ4v) is 1.03. The highest BCUT2D eigenvalue weighted by Crippen LogP contribution is 2.19. The number of terminal acetylenes is 1. The first-order valence-electron chi connectivity index (χ1n) is 4.92. The quantitative estimate of drug-likeness (QED) is 0.407. The number of unbranched alkanes of at least 4 members (excludes halogenated alkanes) is 1. The predicted molar refractivity (Wildman–Crippen MR) is 56.4 cm³/mol. The van der Waals surface area contributed by atoms with Gasteiger partial charge in [-0.3, -0.25) is 4.79 Å². The zero-order chi connectivity index (χ0) is 12.2. The van der Waals surface area contributed by atoms with E-state index in [1.165, 1.54) is 0 Å². The van der Waals surface area contributed by atoms with Gasteiger partial charge in [-0.25, -0.2) is 4.79 Å². The minimum Gasteiger partial charge on any atom is -0.377 e. The zero-order valence-corrected chi connectivity index (χ0v) is 9.28. The van der Waals surface area contributed by atoms with Gasteiger partial charge in [0.1, 0.15) is 0 Å². The number of nitrogens with zero attached hydrogens (tertiary/aromatic N) is 1. The summed E-state index contributed by atoms with van der Waals surface area (Å²) < 4.78 is 9.44. The molecule has 1 rings (SSSR count). The Bertz CT molecular complexity index is 376. The number of carbonyl (C=O) groups excluding carboxylic acids is 2. The molecule has 0 atom stereocenters. The second kappa shape index (κ2) is 4.79. The molecular weight excluding hydrogens is 210 g/mol. The van der Waals surface area contributed by atoms with Crippen molar-refractivity contribution in [3.8, 4) is 12.3 Å². The number of esters is 2. The van der Waals surface area contributed by atoms with Crippen LogP contribution in [0.1, 0.15) is 33.1 Å². The van der Waals surface area contributed by atoms with E-state index in [2.05, 4.69) is 15.6 Å². The number of hydrogen-bond acceptors (Lipinski definition) is 5. The van der Waals surface area contributed by atoms with Crippen LogP contribution < -0.4 is 0 Å². The van der Waals surface area contributed by atoms with Crippen molar-refractivity contribution in [1.29, 1.82) is 0 Å². The van der Waals surface area contributed by atoms with Crippen LogP contribution in [0.3, 0.4) is 0 Å². The lowest BCUT2D eigenvalue weighted by Crippen LogP contribution is -2.25. The van der Waals surface area contributed by atoms with Crippen LogP contribution in [0.5, 0.6) is 0 Å². The Morgan fingerprint density at radius 3 is 2.81 bits per heavy atom. The molecule has 1 aliphatic heterocycles. The number of ether oxygens (including phenoxy) is 2. The van der Waals surface area contributed by atoms with Gasteiger partial charge in [-0.2, -0.15) is 4.99 Å². The van der Waals surface area contributed by atoms with Gasteiger partial charge in [0, 0.05) is 12.8 Å². The lowest BCUT2D eigenvalue weighted by molar-refractivity contribution is -0.142. The average molecular weight is 223 g/mol. The molecule has 0 aliphatic carbocycles. The minimum atomic E-state index is -0.978. The van der Waals surface area contributed by atoms with Gasteiger partial charge in [0.05, 0.1) is 0 Å². The van der Waals surface area contributed by atoms with Crippen molar-refractivity contribution in [2.45, 2.75) is 38.6 Å². The molecule has 1 heterocycles. The summed E-state index contributed by atoms with van der Waals surface area (Å²) in [6.45, 7) is 3.16. The summed E-state index contributed by atoms with van der Waals surface area (Å²) in [7, 11) is 0. The van der Waals surface area contributed by atoms with E-state index in [9.17, 15) is 9.59 Å². The Morgan fingerprint density at radius 1 is 1.62 bits per heavy atom. The molecule has 0 spiro atoms. The van der Waals surface area contributed by atoms with Crippen molar-refractivity contribution in [3.63, 3.8) is 0 Å². The van der Waals surface area contributed by atoms with Gasteiger partial charge in [0.25, 0.3) is 0 Å². The van der Waals surface area contributed by atoms with Crippen molar-refractivity contribution >= 4 is 18.0 Å². The van der Waals surface area contributed by atoms with E-state index in [-0.39, 0.29) is 12.5 Å². The van der Waals surface area contributed by atoms with Crippen LogP contribution in [0.4, 0.5) is 0 Å². The maximum absolute atomic E-state index is 11.2. The Kier molecular flexibility index (Phi) is 3.67. The summed E-state index contributed by atoms with van der Waals surface area (Å²) >= 11 is 0. The first-order chi connectivity index (χ1) is 7.45. The molecule has 0 bridgehead atoms. The van der Waals surface area contributed by atoms with Crippen LogP contribution in [0.2, 0.25) is 0 Å². The smallest absolute Gasteiger partial charge is 0.377 e. The van der Waals surface area contributed by atoms with Crippen molar-refractivity contribution in [3.05, 3.63) is 0 Å². The topological polar surface area (TPSA) is 65.0 Å². The Hall–Kier alpha value is -1.83. The molecule has 86 valence electrons. The van der Waals surface area contributed by atoms with Crippen molar-refractivity contribution < 1.29 is 19.1 Å². The molecular formula is C11H13NO4. The van der Waals surface area contributed by atoms with Crippen molar-refractivity contribution in [2.24, 2.45) is 4.99 Å².